The van der Waals surface area contributed by atoms with E-state index in [0.29, 0.717) is 0 Å². The topological polar surface area (TPSA) is 634 Å². The summed E-state index contributed by atoms with van der Waals surface area (Å²) in [4.78, 5) is 163. The largest absolute Gasteiger partial charge is 0.780 e. The maximum Gasteiger partial charge on any atom is 0.330 e. The molecule has 8 aliphatic rings. The summed E-state index contributed by atoms with van der Waals surface area (Å²) in [5.74, 6) is -0.300. The Bertz CT molecular complexity index is 5770. The molecule has 10 unspecified atom stereocenters. The zero-order valence-corrected chi connectivity index (χ0v) is 68.6. The first-order chi connectivity index (χ1) is 54.3. The minimum Gasteiger partial charge on any atom is -0.780 e. The third kappa shape index (κ3) is 15.1. The Morgan fingerprint density at radius 2 is 0.965 bits per heavy atom. The van der Waals surface area contributed by atoms with Crippen molar-refractivity contribution in [2.75, 3.05) is 57.3 Å². The van der Waals surface area contributed by atoms with Crippen molar-refractivity contribution in [3.8, 4) is 0 Å². The molecule has 48 nitrogen and oxygen atoms in total. The summed E-state index contributed by atoms with van der Waals surface area (Å²) in [6.07, 6.45) is -16.4. The predicted molar refractivity (Wildman–Crippen MR) is 397 cm³/mol. The number of nitrogens with one attached hydrogen (secondary N) is 3. The van der Waals surface area contributed by atoms with E-state index in [0.717, 1.165) is 28.8 Å². The number of aliphatic hydroxyl groups is 1. The highest BCUT2D eigenvalue weighted by molar-refractivity contribution is 8.32. The van der Waals surface area contributed by atoms with Crippen LogP contribution in [0.4, 0.5) is 17.6 Å². The van der Waals surface area contributed by atoms with Crippen LogP contribution >= 0.6 is 33.7 Å². The molecule has 8 aromatic heterocycles. The van der Waals surface area contributed by atoms with Gasteiger partial charge in [-0.15, -0.1) is 0 Å². The second-order valence-electron chi connectivity index (χ2n) is 27.8. The molecule has 16 rings (SSSR count). The molecule has 0 spiro atoms. The van der Waals surface area contributed by atoms with Crippen LogP contribution in [0.1, 0.15) is 75.9 Å². The lowest BCUT2D eigenvalue weighted by Crippen LogP contribution is -2.52. The van der Waals surface area contributed by atoms with Crippen LogP contribution in [0.5, 0.6) is 0 Å². The van der Waals surface area contributed by atoms with Crippen LogP contribution in [0.3, 0.4) is 0 Å². The molecule has 8 fully saturated rings. The van der Waals surface area contributed by atoms with Gasteiger partial charge in [0.25, 0.3) is 16.7 Å². The van der Waals surface area contributed by atoms with Crippen molar-refractivity contribution in [1.29, 1.82) is 0 Å². The molecule has 0 aromatic carbocycles. The average Bonchev–Trinajstić information content (AvgIpc) is 1.55. The quantitative estimate of drug-likeness (QED) is 0.0178. The van der Waals surface area contributed by atoms with Gasteiger partial charge in [0.2, 0.25) is 5.95 Å². The second kappa shape index (κ2) is 30.6. The smallest absolute Gasteiger partial charge is 0.330 e. The van der Waals surface area contributed by atoms with E-state index in [2.05, 4.69) is 54.8 Å². The van der Waals surface area contributed by atoms with E-state index in [1.165, 1.54) is 72.9 Å². The third-order valence-corrected chi connectivity index (χ3v) is 28.9. The molecule has 0 amide bonds. The summed E-state index contributed by atoms with van der Waals surface area (Å²) in [7, 11) is 1.04. The van der Waals surface area contributed by atoms with Crippen molar-refractivity contribution in [2.45, 2.75) is 175 Å². The Morgan fingerprint density at radius 3 is 1.51 bits per heavy atom. The van der Waals surface area contributed by atoms with Gasteiger partial charge >= 0.3 is 11.4 Å². The first kappa shape index (κ1) is 83.1. The van der Waals surface area contributed by atoms with E-state index in [4.69, 9.17) is 160 Å². The first-order valence-corrected chi connectivity index (χ1v) is 47.3. The normalized spacial score (nSPS) is 34.8. The Morgan fingerprint density at radius 1 is 0.539 bits per heavy atom. The second-order valence-corrected chi connectivity index (χ2v) is 41.5. The molecule has 10 N–H and O–H groups in total. The highest BCUT2D eigenvalue weighted by Crippen LogP contribution is 2.63. The number of aliphatic hydroxyl groups excluding tert-OH is 1. The number of anilines is 3. The van der Waals surface area contributed by atoms with Crippen LogP contribution in [-0.2, 0) is 147 Å². The lowest BCUT2D eigenvalue weighted by molar-refractivity contribution is -0.240. The Balaban J connectivity index is 0.662. The molecule has 0 aliphatic carbocycles. The lowest BCUT2D eigenvalue weighted by atomic mass is 9.94. The summed E-state index contributed by atoms with van der Waals surface area (Å²) in [6, 6.07) is 0. The predicted octanol–water partition coefficient (Wildman–Crippen LogP) is -3.37. The number of nitrogens with zero attached hydrogens (tertiary/aromatic N) is 13. The molecule has 624 valence electrons. The van der Waals surface area contributed by atoms with E-state index in [1.807, 2.05) is 0 Å². The average molecular weight is 1800 g/mol. The van der Waals surface area contributed by atoms with Crippen molar-refractivity contribution in [2.24, 2.45) is 0 Å². The van der Waals surface area contributed by atoms with Gasteiger partial charge in [-0.2, -0.15) is 4.98 Å². The minimum atomic E-state index is -5.16. The zero-order valence-electron chi connectivity index (χ0n) is 60.1. The highest BCUT2D eigenvalue weighted by atomic mass is 32.7. The standard InChI is InChI=1S/C57H72N19O29P5S5/c1-21-9-72(53(81)70-46(21)78)30-7-26(101-106(83,111)88-6)28(96-30)11-89-107(84,112)102-27-8-31(74-18-65-32-41(58)61-16-63-43(32)74)97-29(27)12-90-108(85,113)104-40-37-50(75-19-66-33-42(59)62-17-64-44(33)75)100-57(40,25(5)95-37)15-92-110(87,115)105-39-36-49(73-10-22(2)47(79)71-54(73)82)99-56(39,24(4)94-36)14-91-109(86,114)103-38-35-51(98-55(38,13-77)23(3)93-35)76-20-67-34-45(76)68-52(60)69-48(34)80/h9-10,16-20,23-31,35-40,49-51,77H,7-8,11-15H2,1-6H3,(H,83,111)(H,84,112)(H,85,113)(H,86,114)(H,87,115)(H2,58,61,63)(H2,59,62,64)(H,70,78,81)(H,71,79,82)(H3,60,68,69,80)/p-5/t23-,24-,25-,26?,27?,28+,29+,30+,31+,35-,36-,37-,38?,39?,40?,49+,50+,51+,55-,56-,57-,106?,107?,108?,109?,110?/m0/s1. The number of hydrogen-bond donors (Lipinski definition) is 7. The van der Waals surface area contributed by atoms with E-state index in [9.17, 15) is 43.8 Å². The number of imidazole rings is 3. The number of nitrogen functional groups attached to an aromatic ring is 3. The fourth-order valence-corrected chi connectivity index (χ4v) is 22.1. The summed E-state index contributed by atoms with van der Waals surface area (Å²) in [5, 5.41) is 11.0. The summed E-state index contributed by atoms with van der Waals surface area (Å²) in [6.45, 7) is -21.0. The summed E-state index contributed by atoms with van der Waals surface area (Å²) in [5.41, 5.74) is 8.75. The third-order valence-electron chi connectivity index (χ3n) is 21.1. The lowest BCUT2D eigenvalue weighted by Gasteiger charge is -2.42. The minimum absolute atomic E-state index is 0.00131. The molecule has 8 aliphatic heterocycles. The van der Waals surface area contributed by atoms with Gasteiger partial charge in [0.15, 0.2) is 59.6 Å². The van der Waals surface area contributed by atoms with E-state index >= 15 is 9.46 Å². The van der Waals surface area contributed by atoms with Crippen molar-refractivity contribution < 1.29 is 112 Å². The number of hydrogen-bond acceptors (Lipinski definition) is 45. The van der Waals surface area contributed by atoms with Gasteiger partial charge in [-0.1, -0.05) is 47.2 Å². The number of rotatable bonds is 29. The van der Waals surface area contributed by atoms with Crippen molar-refractivity contribution in [3.63, 3.8) is 0 Å². The molecule has 6 bridgehead atoms. The number of aromatic nitrogens is 16. The first-order valence-electron chi connectivity index (χ1n) is 34.5. The number of aromatic amines is 3. The van der Waals surface area contributed by atoms with Crippen molar-refractivity contribution >= 4 is 144 Å². The molecule has 26 atom stereocenters. The summed E-state index contributed by atoms with van der Waals surface area (Å²) >= 11 is 27.4. The van der Waals surface area contributed by atoms with Gasteiger partial charge in [-0.3, -0.25) is 56.7 Å². The molecule has 115 heavy (non-hydrogen) atoms. The molecular weight excluding hydrogens is 1730 g/mol. The van der Waals surface area contributed by atoms with Gasteiger partial charge in [-0.05, 0) is 34.6 Å². The monoisotopic (exact) mass is 1800 g/mol. The van der Waals surface area contributed by atoms with Gasteiger partial charge in [0, 0.05) is 43.5 Å². The Hall–Kier alpha value is -5.53. The van der Waals surface area contributed by atoms with E-state index < -0.39 is 222 Å². The maximum atomic E-state index is 15.4. The molecule has 8 saturated heterocycles. The van der Waals surface area contributed by atoms with Crippen molar-refractivity contribution in [1.82, 2.24) is 77.7 Å². The highest BCUT2D eigenvalue weighted by Gasteiger charge is 2.71. The van der Waals surface area contributed by atoms with Crippen LogP contribution in [0.2, 0.25) is 0 Å². The van der Waals surface area contributed by atoms with Crippen LogP contribution in [0.15, 0.2) is 68.0 Å². The maximum absolute atomic E-state index is 15.4. The Labute approximate surface area is 669 Å². The molecule has 16 heterocycles. The molecule has 0 radical (unpaired) electrons. The molecule has 8 aromatic rings. The Kier molecular flexibility index (Phi) is 22.1. The number of H-pyrrole nitrogens is 3. The van der Waals surface area contributed by atoms with Gasteiger partial charge in [0.1, 0.15) is 129 Å². The van der Waals surface area contributed by atoms with E-state index in [1.54, 1.807) is 6.92 Å². The van der Waals surface area contributed by atoms with E-state index in [-0.39, 0.29) is 75.0 Å². The van der Waals surface area contributed by atoms with Gasteiger partial charge in [0.05, 0.1) is 82.5 Å². The van der Waals surface area contributed by atoms with Crippen molar-refractivity contribution in [3.05, 3.63) is 107 Å². The number of ether oxygens (including phenoxy) is 8. The zero-order chi connectivity index (χ0) is 81.9. The fourth-order valence-electron chi connectivity index (χ4n) is 15.3. The SMILES string of the molecule is COP([O-])(=S)OC1C[C@H](n2cc(C)c(=O)[nH]c2=O)O[C@@H]1COP([O-])(=S)OC1C[C@H](n2cnc3c(N)ncnc32)O[C@@H]1COP([O-])(=S)OC1[C@@H]2O[C@@H](C)[C@]1(COP(=O)([S-])OC1[C@@H]3O[C@@H](C)[C@]1(COP([O-])(=S)OC1[C@@H]4O[C@@H](C)[C@]1(CO)O[C@H]4n1cnc4c(=O)[nH]c(N)nc41)O[C@H]3n1cc(C)c(=O)[nH]c1=O)O[C@H]2n1cnc2c(N)ncnc21. The number of fused-ring (bicyclic) bond motifs is 9. The molecular formula is C57H67N19O29P5S5-5. The van der Waals surface area contributed by atoms with Crippen LogP contribution in [0, 0.1) is 13.8 Å². The van der Waals surface area contributed by atoms with Crippen LogP contribution < -0.4 is 64.8 Å². The fraction of sp³-hybridized carbons (Fsp3) is 0.596. The van der Waals surface area contributed by atoms with Crippen LogP contribution in [-0.4, -0.2) is 219 Å². The number of aryl methyl sites for hydroxylation is 2. The molecule has 58 heteroatoms. The molecule has 0 saturated carbocycles. The number of nitrogens with two attached hydrogens (primary N) is 3. The van der Waals surface area contributed by atoms with Crippen LogP contribution in [0.25, 0.3) is 33.5 Å². The summed E-state index contributed by atoms with van der Waals surface area (Å²) < 4.78 is 133. The van der Waals surface area contributed by atoms with Gasteiger partial charge in [-0.25, -0.2) is 44.5 Å². The van der Waals surface area contributed by atoms with Gasteiger partial charge < -0.3 is 137 Å².